The number of anilines is 2. The smallest absolute Gasteiger partial charge is 0.226 e. The van der Waals surface area contributed by atoms with Crippen molar-refractivity contribution >= 4 is 28.9 Å². The van der Waals surface area contributed by atoms with Gasteiger partial charge in [-0.05, 0) is 48.9 Å². The van der Waals surface area contributed by atoms with Crippen LogP contribution in [0.4, 0.5) is 15.8 Å². The predicted molar refractivity (Wildman–Crippen MR) is 84.3 cm³/mol. The zero-order valence-corrected chi connectivity index (χ0v) is 12.4. The van der Waals surface area contributed by atoms with E-state index in [2.05, 4.69) is 10.6 Å². The van der Waals surface area contributed by atoms with E-state index in [-0.39, 0.29) is 11.7 Å². The van der Waals surface area contributed by atoms with Crippen molar-refractivity contribution in [3.63, 3.8) is 0 Å². The molecule has 0 heterocycles. The molecule has 0 atom stereocenters. The van der Waals surface area contributed by atoms with Crippen LogP contribution in [0.1, 0.15) is 12.0 Å². The molecule has 0 aliphatic carbocycles. The molecule has 2 aromatic rings. The van der Waals surface area contributed by atoms with Crippen molar-refractivity contribution in [1.29, 1.82) is 0 Å². The number of aryl methyl sites for hydroxylation is 1. The van der Waals surface area contributed by atoms with Gasteiger partial charge in [0.1, 0.15) is 5.82 Å². The molecule has 2 aromatic carbocycles. The van der Waals surface area contributed by atoms with Crippen LogP contribution in [0.25, 0.3) is 0 Å². The number of benzene rings is 2. The Labute approximate surface area is 128 Å². The highest BCUT2D eigenvalue weighted by Crippen LogP contribution is 2.19. The number of nitrogens with one attached hydrogen (secondary N) is 2. The lowest BCUT2D eigenvalue weighted by molar-refractivity contribution is -0.115. The van der Waals surface area contributed by atoms with Crippen LogP contribution in [-0.4, -0.2) is 12.5 Å². The molecule has 2 N–H and O–H groups in total. The summed E-state index contributed by atoms with van der Waals surface area (Å²) in [6.45, 7) is 2.31. The maximum absolute atomic E-state index is 13.0. The molecule has 0 aromatic heterocycles. The number of hydrogen-bond acceptors (Lipinski definition) is 2. The van der Waals surface area contributed by atoms with Gasteiger partial charge in [0.15, 0.2) is 0 Å². The SMILES string of the molecule is Cc1cc(Cl)ccc1NC(=O)CCNc1cccc(F)c1. The summed E-state index contributed by atoms with van der Waals surface area (Å²) in [5.74, 6) is -0.412. The zero-order chi connectivity index (χ0) is 15.2. The van der Waals surface area contributed by atoms with Gasteiger partial charge in [-0.1, -0.05) is 17.7 Å². The van der Waals surface area contributed by atoms with Crippen molar-refractivity contribution in [2.75, 3.05) is 17.2 Å². The minimum Gasteiger partial charge on any atom is -0.384 e. The highest BCUT2D eigenvalue weighted by atomic mass is 35.5. The minimum absolute atomic E-state index is 0.107. The Morgan fingerprint density at radius 3 is 2.76 bits per heavy atom. The van der Waals surface area contributed by atoms with Gasteiger partial charge >= 0.3 is 0 Å². The highest BCUT2D eigenvalue weighted by Gasteiger charge is 2.05. The quantitative estimate of drug-likeness (QED) is 0.868. The minimum atomic E-state index is -0.304. The lowest BCUT2D eigenvalue weighted by atomic mass is 10.2. The molecule has 0 unspecified atom stereocenters. The number of rotatable bonds is 5. The number of hydrogen-bond donors (Lipinski definition) is 2. The summed E-state index contributed by atoms with van der Waals surface area (Å²) in [5, 5.41) is 6.46. The molecule has 0 aliphatic heterocycles. The molecule has 0 saturated heterocycles. The molecule has 1 amide bonds. The third kappa shape index (κ3) is 4.76. The Kier molecular flexibility index (Phi) is 5.17. The van der Waals surface area contributed by atoms with Gasteiger partial charge in [0.2, 0.25) is 5.91 Å². The first kappa shape index (κ1) is 15.3. The topological polar surface area (TPSA) is 41.1 Å². The van der Waals surface area contributed by atoms with E-state index in [0.717, 1.165) is 11.3 Å². The first-order chi connectivity index (χ1) is 10.0. The second kappa shape index (κ2) is 7.09. The van der Waals surface area contributed by atoms with Crippen LogP contribution in [-0.2, 0) is 4.79 Å². The lowest BCUT2D eigenvalue weighted by Crippen LogP contribution is -2.16. The highest BCUT2D eigenvalue weighted by molar-refractivity contribution is 6.30. The molecule has 110 valence electrons. The van der Waals surface area contributed by atoms with Crippen LogP contribution in [0.2, 0.25) is 5.02 Å². The molecular formula is C16H16ClFN2O. The standard InChI is InChI=1S/C16H16ClFN2O/c1-11-9-12(17)5-6-15(11)20-16(21)7-8-19-14-4-2-3-13(18)10-14/h2-6,9-10,19H,7-8H2,1H3,(H,20,21). The van der Waals surface area contributed by atoms with Crippen molar-refractivity contribution in [3.8, 4) is 0 Å². The summed E-state index contributed by atoms with van der Waals surface area (Å²) in [6.07, 6.45) is 0.290. The molecule has 0 fully saturated rings. The van der Waals surface area contributed by atoms with E-state index in [0.29, 0.717) is 23.7 Å². The van der Waals surface area contributed by atoms with Gasteiger partial charge in [-0.3, -0.25) is 4.79 Å². The fraction of sp³-hybridized carbons (Fsp3) is 0.188. The number of carbonyl (C=O) groups excluding carboxylic acids is 1. The van der Waals surface area contributed by atoms with Crippen molar-refractivity contribution in [1.82, 2.24) is 0 Å². The molecule has 0 saturated carbocycles. The summed E-state index contributed by atoms with van der Waals surface area (Å²) < 4.78 is 13.0. The monoisotopic (exact) mass is 306 g/mol. The van der Waals surface area contributed by atoms with E-state index in [1.807, 2.05) is 6.92 Å². The van der Waals surface area contributed by atoms with Gasteiger partial charge in [0, 0.05) is 29.4 Å². The van der Waals surface area contributed by atoms with Crippen LogP contribution in [0.15, 0.2) is 42.5 Å². The second-order valence-electron chi connectivity index (χ2n) is 4.69. The summed E-state index contributed by atoms with van der Waals surface area (Å²) >= 11 is 5.86. The van der Waals surface area contributed by atoms with Crippen molar-refractivity contribution < 1.29 is 9.18 Å². The van der Waals surface area contributed by atoms with Gasteiger partial charge in [0.25, 0.3) is 0 Å². The lowest BCUT2D eigenvalue weighted by Gasteiger charge is -2.10. The first-order valence-corrected chi connectivity index (χ1v) is 6.98. The molecule has 0 radical (unpaired) electrons. The van der Waals surface area contributed by atoms with Crippen LogP contribution in [0.3, 0.4) is 0 Å². The Hall–Kier alpha value is -2.07. The van der Waals surface area contributed by atoms with Crippen LogP contribution in [0, 0.1) is 12.7 Å². The normalized spacial score (nSPS) is 10.2. The fourth-order valence-corrected chi connectivity index (χ4v) is 2.13. The van der Waals surface area contributed by atoms with Crippen LogP contribution < -0.4 is 10.6 Å². The summed E-state index contributed by atoms with van der Waals surface area (Å²) in [6, 6.07) is 11.4. The van der Waals surface area contributed by atoms with E-state index in [9.17, 15) is 9.18 Å². The molecule has 0 bridgehead atoms. The summed E-state index contributed by atoms with van der Waals surface area (Å²) in [5.41, 5.74) is 2.31. The van der Waals surface area contributed by atoms with Crippen molar-refractivity contribution in [2.24, 2.45) is 0 Å². The number of amides is 1. The molecular weight excluding hydrogens is 291 g/mol. The summed E-state index contributed by atoms with van der Waals surface area (Å²) in [7, 11) is 0. The van der Waals surface area contributed by atoms with Crippen molar-refractivity contribution in [3.05, 3.63) is 58.9 Å². The molecule has 2 rings (SSSR count). The van der Waals surface area contributed by atoms with Crippen LogP contribution in [0.5, 0.6) is 0 Å². The Morgan fingerprint density at radius 2 is 2.05 bits per heavy atom. The van der Waals surface area contributed by atoms with E-state index >= 15 is 0 Å². The average molecular weight is 307 g/mol. The predicted octanol–water partition coefficient (Wildman–Crippen LogP) is 4.23. The molecule has 21 heavy (non-hydrogen) atoms. The average Bonchev–Trinajstić information content (AvgIpc) is 2.42. The molecule has 3 nitrogen and oxygen atoms in total. The summed E-state index contributed by atoms with van der Waals surface area (Å²) in [4.78, 5) is 11.8. The van der Waals surface area contributed by atoms with E-state index in [1.165, 1.54) is 12.1 Å². The van der Waals surface area contributed by atoms with Gasteiger partial charge < -0.3 is 10.6 Å². The van der Waals surface area contributed by atoms with E-state index < -0.39 is 0 Å². The van der Waals surface area contributed by atoms with Gasteiger partial charge in [-0.15, -0.1) is 0 Å². The zero-order valence-electron chi connectivity index (χ0n) is 11.6. The maximum atomic E-state index is 13.0. The second-order valence-corrected chi connectivity index (χ2v) is 5.13. The Balaban J connectivity index is 1.82. The third-order valence-corrected chi connectivity index (χ3v) is 3.20. The maximum Gasteiger partial charge on any atom is 0.226 e. The molecule has 5 heteroatoms. The van der Waals surface area contributed by atoms with Gasteiger partial charge in [0.05, 0.1) is 0 Å². The largest absolute Gasteiger partial charge is 0.384 e. The van der Waals surface area contributed by atoms with Crippen LogP contribution >= 0.6 is 11.6 Å². The third-order valence-electron chi connectivity index (χ3n) is 2.97. The Morgan fingerprint density at radius 1 is 1.24 bits per heavy atom. The van der Waals surface area contributed by atoms with Crippen molar-refractivity contribution in [2.45, 2.75) is 13.3 Å². The molecule has 0 aliphatic rings. The fourth-order valence-electron chi connectivity index (χ4n) is 1.90. The van der Waals surface area contributed by atoms with E-state index in [1.54, 1.807) is 30.3 Å². The van der Waals surface area contributed by atoms with Gasteiger partial charge in [-0.25, -0.2) is 4.39 Å². The first-order valence-electron chi connectivity index (χ1n) is 6.60. The molecule has 0 spiro atoms. The number of halogens is 2. The Bertz CT molecular complexity index is 646. The van der Waals surface area contributed by atoms with E-state index in [4.69, 9.17) is 11.6 Å². The number of carbonyl (C=O) groups is 1. The van der Waals surface area contributed by atoms with Gasteiger partial charge in [-0.2, -0.15) is 0 Å².